The molecule has 4 nitrogen and oxygen atoms in total. The molecule has 1 aromatic heterocycles. The van der Waals surface area contributed by atoms with E-state index in [0.717, 1.165) is 27.4 Å². The summed E-state index contributed by atoms with van der Waals surface area (Å²) in [5.41, 5.74) is 9.55. The predicted octanol–water partition coefficient (Wildman–Crippen LogP) is 2.62. The molecule has 2 aromatic rings. The highest BCUT2D eigenvalue weighted by Crippen LogP contribution is 2.32. The number of benzene rings is 1. The van der Waals surface area contributed by atoms with Gasteiger partial charge in [-0.15, -0.1) is 23.7 Å². The first kappa shape index (κ1) is 12.9. The molecule has 94 valence electrons. The minimum Gasteiger partial charge on any atom is -0.375 e. The van der Waals surface area contributed by atoms with Crippen molar-refractivity contribution in [3.05, 3.63) is 28.6 Å². The Morgan fingerprint density at radius 1 is 1.44 bits per heavy atom. The fourth-order valence-electron chi connectivity index (χ4n) is 2.06. The van der Waals surface area contributed by atoms with Crippen LogP contribution in [0.25, 0.3) is 11.3 Å². The summed E-state index contributed by atoms with van der Waals surface area (Å²) < 4.78 is 0. The van der Waals surface area contributed by atoms with Crippen molar-refractivity contribution in [2.75, 3.05) is 11.1 Å². The van der Waals surface area contributed by atoms with Crippen LogP contribution in [0.3, 0.4) is 0 Å². The van der Waals surface area contributed by atoms with Crippen molar-refractivity contribution in [2.24, 2.45) is 0 Å². The summed E-state index contributed by atoms with van der Waals surface area (Å²) in [6.07, 6.45) is 0.446. The summed E-state index contributed by atoms with van der Waals surface area (Å²) >= 11 is 1.48. The second kappa shape index (κ2) is 4.59. The zero-order chi connectivity index (χ0) is 12.0. The second-order valence-corrected chi connectivity index (χ2v) is 5.29. The standard InChI is InChI=1S/C12H11N3OS.ClH/c1-6-11(15-12(13)17-6)7-2-3-9-8(4-7)5-10(16)14-9;/h2-4H,5H2,1H3,(H2,13,15)(H,14,16);1H. The van der Waals surface area contributed by atoms with Crippen molar-refractivity contribution in [3.8, 4) is 11.3 Å². The lowest BCUT2D eigenvalue weighted by molar-refractivity contribution is -0.115. The molecule has 0 fully saturated rings. The number of nitrogens with zero attached hydrogens (tertiary/aromatic N) is 1. The lowest BCUT2D eigenvalue weighted by Gasteiger charge is -2.02. The van der Waals surface area contributed by atoms with Crippen LogP contribution in [-0.4, -0.2) is 10.9 Å². The van der Waals surface area contributed by atoms with Crippen molar-refractivity contribution < 1.29 is 4.79 Å². The van der Waals surface area contributed by atoms with Gasteiger partial charge >= 0.3 is 0 Å². The molecule has 0 spiro atoms. The maximum absolute atomic E-state index is 11.3. The molecule has 1 aliphatic rings. The van der Waals surface area contributed by atoms with Crippen molar-refractivity contribution in [1.82, 2.24) is 4.98 Å². The minimum atomic E-state index is 0. The topological polar surface area (TPSA) is 68.0 Å². The number of amides is 1. The molecule has 0 bridgehead atoms. The molecular weight excluding hydrogens is 270 g/mol. The molecule has 0 radical (unpaired) electrons. The molecule has 0 atom stereocenters. The number of nitrogens with one attached hydrogen (secondary N) is 1. The van der Waals surface area contributed by atoms with E-state index >= 15 is 0 Å². The maximum Gasteiger partial charge on any atom is 0.228 e. The highest BCUT2D eigenvalue weighted by molar-refractivity contribution is 7.15. The molecule has 1 amide bonds. The van der Waals surface area contributed by atoms with Gasteiger partial charge in [0.1, 0.15) is 0 Å². The van der Waals surface area contributed by atoms with Gasteiger partial charge in [-0.3, -0.25) is 4.79 Å². The number of hydrogen-bond acceptors (Lipinski definition) is 4. The van der Waals surface area contributed by atoms with Gasteiger partial charge in [0.2, 0.25) is 5.91 Å². The third-order valence-electron chi connectivity index (χ3n) is 2.82. The largest absolute Gasteiger partial charge is 0.375 e. The summed E-state index contributed by atoms with van der Waals surface area (Å²) in [6, 6.07) is 5.89. The molecule has 3 rings (SSSR count). The Kier molecular flexibility index (Phi) is 3.28. The number of carbonyl (C=O) groups is 1. The predicted molar refractivity (Wildman–Crippen MR) is 76.3 cm³/mol. The number of fused-ring (bicyclic) bond motifs is 1. The van der Waals surface area contributed by atoms with Crippen LogP contribution >= 0.6 is 23.7 Å². The Balaban J connectivity index is 0.00000120. The number of rotatable bonds is 1. The Morgan fingerprint density at radius 3 is 2.89 bits per heavy atom. The van der Waals surface area contributed by atoms with Crippen LogP contribution in [0.5, 0.6) is 0 Å². The smallest absolute Gasteiger partial charge is 0.228 e. The zero-order valence-corrected chi connectivity index (χ0v) is 11.3. The number of carbonyl (C=O) groups excluding carboxylic acids is 1. The minimum absolute atomic E-state index is 0. The molecule has 0 aliphatic carbocycles. The number of halogens is 1. The molecule has 3 N–H and O–H groups in total. The average molecular weight is 282 g/mol. The molecule has 2 heterocycles. The van der Waals surface area contributed by atoms with Crippen LogP contribution in [-0.2, 0) is 11.2 Å². The maximum atomic E-state index is 11.3. The second-order valence-electron chi connectivity index (χ2n) is 4.05. The van der Waals surface area contributed by atoms with E-state index in [0.29, 0.717) is 11.6 Å². The highest BCUT2D eigenvalue weighted by Gasteiger charge is 2.18. The molecule has 6 heteroatoms. The van der Waals surface area contributed by atoms with Crippen LogP contribution < -0.4 is 11.1 Å². The van der Waals surface area contributed by atoms with Crippen LogP contribution in [0, 0.1) is 6.92 Å². The zero-order valence-electron chi connectivity index (χ0n) is 9.69. The van der Waals surface area contributed by atoms with E-state index in [1.54, 1.807) is 0 Å². The van der Waals surface area contributed by atoms with E-state index in [4.69, 9.17) is 5.73 Å². The number of aromatic nitrogens is 1. The summed E-state index contributed by atoms with van der Waals surface area (Å²) in [6.45, 7) is 2.00. The van der Waals surface area contributed by atoms with Crippen LogP contribution in [0.4, 0.5) is 10.8 Å². The summed E-state index contributed by atoms with van der Waals surface area (Å²) in [5, 5.41) is 3.39. The summed E-state index contributed by atoms with van der Waals surface area (Å²) in [5.74, 6) is 0.0478. The van der Waals surface area contributed by atoms with Gasteiger partial charge in [-0.2, -0.15) is 0 Å². The van der Waals surface area contributed by atoms with Gasteiger partial charge in [0.25, 0.3) is 0 Å². The monoisotopic (exact) mass is 281 g/mol. The Hall–Kier alpha value is -1.59. The quantitative estimate of drug-likeness (QED) is 0.844. The summed E-state index contributed by atoms with van der Waals surface area (Å²) in [7, 11) is 0. The molecule has 1 aliphatic heterocycles. The molecular formula is C12H12ClN3OS. The number of nitrogens with two attached hydrogens (primary N) is 1. The van der Waals surface area contributed by atoms with E-state index in [9.17, 15) is 4.79 Å². The van der Waals surface area contributed by atoms with E-state index in [-0.39, 0.29) is 18.3 Å². The van der Waals surface area contributed by atoms with Gasteiger partial charge in [-0.25, -0.2) is 4.98 Å². The normalized spacial score (nSPS) is 12.8. The van der Waals surface area contributed by atoms with Crippen molar-refractivity contribution in [2.45, 2.75) is 13.3 Å². The van der Waals surface area contributed by atoms with Gasteiger partial charge in [0.15, 0.2) is 5.13 Å². The number of aryl methyl sites for hydroxylation is 1. The first-order valence-electron chi connectivity index (χ1n) is 5.29. The van der Waals surface area contributed by atoms with E-state index in [1.165, 1.54) is 11.3 Å². The number of nitrogen functional groups attached to an aromatic ring is 1. The lowest BCUT2D eigenvalue weighted by Crippen LogP contribution is -2.03. The highest BCUT2D eigenvalue weighted by atomic mass is 35.5. The van der Waals surface area contributed by atoms with E-state index in [1.807, 2.05) is 25.1 Å². The lowest BCUT2D eigenvalue weighted by atomic mass is 10.1. The molecule has 0 saturated heterocycles. The molecule has 0 saturated carbocycles. The van der Waals surface area contributed by atoms with Gasteiger partial charge in [0, 0.05) is 16.1 Å². The van der Waals surface area contributed by atoms with Crippen molar-refractivity contribution in [1.29, 1.82) is 0 Å². The fourth-order valence-corrected chi connectivity index (χ4v) is 2.77. The number of anilines is 2. The molecule has 18 heavy (non-hydrogen) atoms. The van der Waals surface area contributed by atoms with E-state index < -0.39 is 0 Å². The summed E-state index contributed by atoms with van der Waals surface area (Å²) in [4.78, 5) is 16.7. The number of hydrogen-bond donors (Lipinski definition) is 2. The third kappa shape index (κ3) is 2.07. The molecule has 1 aromatic carbocycles. The van der Waals surface area contributed by atoms with Crippen LogP contribution in [0.2, 0.25) is 0 Å². The Labute approximate surface area is 115 Å². The van der Waals surface area contributed by atoms with Gasteiger partial charge in [-0.1, -0.05) is 6.07 Å². The van der Waals surface area contributed by atoms with Crippen molar-refractivity contribution in [3.63, 3.8) is 0 Å². The van der Waals surface area contributed by atoms with Gasteiger partial charge < -0.3 is 11.1 Å². The molecule has 0 unspecified atom stereocenters. The third-order valence-corrected chi connectivity index (χ3v) is 3.62. The SMILES string of the molecule is Cc1sc(N)nc1-c1ccc2c(c1)CC(=O)N2.Cl. The average Bonchev–Trinajstić information content (AvgIpc) is 2.78. The first-order chi connectivity index (χ1) is 8.13. The van der Waals surface area contributed by atoms with Crippen LogP contribution in [0.1, 0.15) is 10.4 Å². The Bertz CT molecular complexity index is 624. The van der Waals surface area contributed by atoms with Gasteiger partial charge in [0.05, 0.1) is 12.1 Å². The number of thiazole rings is 1. The van der Waals surface area contributed by atoms with Crippen LogP contribution in [0.15, 0.2) is 18.2 Å². The fraction of sp³-hybridized carbons (Fsp3) is 0.167. The Morgan fingerprint density at radius 2 is 2.22 bits per heavy atom. The first-order valence-corrected chi connectivity index (χ1v) is 6.11. The van der Waals surface area contributed by atoms with Crippen molar-refractivity contribution >= 4 is 40.5 Å². The van der Waals surface area contributed by atoms with Gasteiger partial charge in [-0.05, 0) is 24.6 Å². The van der Waals surface area contributed by atoms with E-state index in [2.05, 4.69) is 10.3 Å².